The Bertz CT molecular complexity index is 317. The molecule has 1 aromatic carbocycles. The number of benzene rings is 1. The van der Waals surface area contributed by atoms with Gasteiger partial charge in [-0.2, -0.15) is 0 Å². The highest BCUT2D eigenvalue weighted by Gasteiger charge is 2.31. The van der Waals surface area contributed by atoms with Crippen molar-refractivity contribution in [2.75, 3.05) is 13.1 Å². The molecule has 0 unspecified atom stereocenters. The van der Waals surface area contributed by atoms with Crippen molar-refractivity contribution in [3.05, 3.63) is 35.4 Å². The van der Waals surface area contributed by atoms with Crippen LogP contribution in [0.5, 0.6) is 0 Å². The number of hydrazine groups is 1. The van der Waals surface area contributed by atoms with Gasteiger partial charge >= 0.3 is 0 Å². The largest absolute Gasteiger partial charge is 0.325 e. The first-order valence-corrected chi connectivity index (χ1v) is 5.15. The monoisotopic (exact) mass is 189 g/mol. The van der Waals surface area contributed by atoms with Crippen LogP contribution in [0.2, 0.25) is 0 Å². The Balaban J connectivity index is 1.91. The highest BCUT2D eigenvalue weighted by molar-refractivity contribution is 5.28. The highest BCUT2D eigenvalue weighted by atomic mass is 15.7. The smallest absolute Gasteiger partial charge is 0.0388 e. The Morgan fingerprint density at radius 2 is 1.50 bits per heavy atom. The number of rotatable bonds is 0. The fraction of sp³-hybridized carbons (Fsp3) is 0.455. The summed E-state index contributed by atoms with van der Waals surface area (Å²) >= 11 is 0. The molecule has 2 N–H and O–H groups in total. The minimum atomic E-state index is 0.323. The van der Waals surface area contributed by atoms with E-state index in [4.69, 9.17) is 5.73 Å². The minimum Gasteiger partial charge on any atom is -0.325 e. The van der Waals surface area contributed by atoms with Gasteiger partial charge in [-0.25, -0.2) is 10.0 Å². The van der Waals surface area contributed by atoms with Crippen LogP contribution in [0.4, 0.5) is 0 Å². The molecule has 3 nitrogen and oxygen atoms in total. The van der Waals surface area contributed by atoms with E-state index < -0.39 is 0 Å². The molecular formula is C11H15N3. The van der Waals surface area contributed by atoms with E-state index in [0.29, 0.717) is 6.04 Å². The Hall–Kier alpha value is -0.900. The van der Waals surface area contributed by atoms with Crippen LogP contribution in [0.1, 0.15) is 11.1 Å². The third-order valence-electron chi connectivity index (χ3n) is 3.11. The molecule has 2 aliphatic rings. The Morgan fingerprint density at radius 1 is 1.00 bits per heavy atom. The number of nitrogens with two attached hydrogens (primary N) is 1. The van der Waals surface area contributed by atoms with Crippen LogP contribution >= 0.6 is 0 Å². The zero-order valence-corrected chi connectivity index (χ0v) is 8.19. The van der Waals surface area contributed by atoms with Gasteiger partial charge in [0.2, 0.25) is 0 Å². The van der Waals surface area contributed by atoms with Gasteiger partial charge < -0.3 is 5.73 Å². The van der Waals surface area contributed by atoms with Crippen molar-refractivity contribution in [1.82, 2.24) is 10.0 Å². The maximum Gasteiger partial charge on any atom is 0.0388 e. The Labute approximate surface area is 84.1 Å². The summed E-state index contributed by atoms with van der Waals surface area (Å²) < 4.78 is 0. The van der Waals surface area contributed by atoms with Crippen molar-refractivity contribution in [2.24, 2.45) is 5.73 Å². The van der Waals surface area contributed by atoms with E-state index in [9.17, 15) is 0 Å². The van der Waals surface area contributed by atoms with E-state index in [0.717, 1.165) is 26.2 Å². The second-order valence-electron chi connectivity index (χ2n) is 4.22. The predicted molar refractivity (Wildman–Crippen MR) is 55.2 cm³/mol. The first-order chi connectivity index (χ1) is 6.83. The number of hydrogen-bond acceptors (Lipinski definition) is 3. The van der Waals surface area contributed by atoms with Gasteiger partial charge in [0.1, 0.15) is 0 Å². The Kier molecular flexibility index (Phi) is 1.83. The predicted octanol–water partition coefficient (Wildman–Crippen LogP) is 0.560. The summed E-state index contributed by atoms with van der Waals surface area (Å²) in [7, 11) is 0. The van der Waals surface area contributed by atoms with Gasteiger partial charge in [-0.3, -0.25) is 0 Å². The molecular weight excluding hydrogens is 174 g/mol. The van der Waals surface area contributed by atoms with Crippen molar-refractivity contribution in [1.29, 1.82) is 0 Å². The summed E-state index contributed by atoms with van der Waals surface area (Å²) in [5, 5.41) is 4.74. The summed E-state index contributed by atoms with van der Waals surface area (Å²) in [6.45, 7) is 4.08. The van der Waals surface area contributed by atoms with Crippen LogP contribution < -0.4 is 5.73 Å². The molecule has 3 heteroatoms. The van der Waals surface area contributed by atoms with Gasteiger partial charge in [0.25, 0.3) is 0 Å². The lowest BCUT2D eigenvalue weighted by Gasteiger charge is -2.33. The minimum absolute atomic E-state index is 0.323. The maximum atomic E-state index is 5.95. The van der Waals surface area contributed by atoms with Crippen molar-refractivity contribution < 1.29 is 0 Å². The molecule has 0 spiro atoms. The first-order valence-electron chi connectivity index (χ1n) is 5.15. The van der Waals surface area contributed by atoms with Crippen LogP contribution in [0.3, 0.4) is 0 Å². The summed E-state index contributed by atoms with van der Waals surface area (Å²) in [4.78, 5) is 0. The van der Waals surface area contributed by atoms with E-state index in [2.05, 4.69) is 34.3 Å². The number of fused-ring (bicyclic) bond motifs is 2. The second-order valence-corrected chi connectivity index (χ2v) is 4.22. The number of nitrogens with zero attached hydrogens (tertiary/aromatic N) is 2. The fourth-order valence-electron chi connectivity index (χ4n) is 2.42. The second kappa shape index (κ2) is 3.05. The molecule has 0 amide bonds. The lowest BCUT2D eigenvalue weighted by atomic mass is 10.1. The van der Waals surface area contributed by atoms with E-state index in [-0.39, 0.29) is 0 Å². The molecule has 0 radical (unpaired) electrons. The molecule has 0 aromatic heterocycles. The zero-order chi connectivity index (χ0) is 9.54. The van der Waals surface area contributed by atoms with Gasteiger partial charge in [-0.15, -0.1) is 0 Å². The maximum absolute atomic E-state index is 5.95. The van der Waals surface area contributed by atoms with Crippen LogP contribution in [-0.2, 0) is 13.1 Å². The standard InChI is InChI=1S/C11H15N3/c12-11-7-13-5-9-3-1-2-4-10(9)6-14(13)8-11/h1-4,11H,5-8,12H2. The summed E-state index contributed by atoms with van der Waals surface area (Å²) in [6.07, 6.45) is 0. The van der Waals surface area contributed by atoms with Crippen LogP contribution in [0.25, 0.3) is 0 Å². The van der Waals surface area contributed by atoms with Gasteiger partial charge in [0.05, 0.1) is 0 Å². The average Bonchev–Trinajstić information content (AvgIpc) is 2.53. The molecule has 2 heterocycles. The lowest BCUT2D eigenvalue weighted by Crippen LogP contribution is -2.39. The van der Waals surface area contributed by atoms with Crippen molar-refractivity contribution in [3.63, 3.8) is 0 Å². The van der Waals surface area contributed by atoms with Crippen LogP contribution in [0, 0.1) is 0 Å². The SMILES string of the molecule is NC1CN2Cc3ccccc3CN2C1. The normalized spacial score (nSPS) is 23.5. The zero-order valence-electron chi connectivity index (χ0n) is 8.19. The molecule has 0 bridgehead atoms. The van der Waals surface area contributed by atoms with Crippen molar-refractivity contribution in [3.8, 4) is 0 Å². The van der Waals surface area contributed by atoms with Crippen LogP contribution in [-0.4, -0.2) is 29.1 Å². The molecule has 1 saturated heterocycles. The van der Waals surface area contributed by atoms with Gasteiger partial charge in [-0.05, 0) is 11.1 Å². The van der Waals surface area contributed by atoms with E-state index in [1.165, 1.54) is 11.1 Å². The molecule has 2 aliphatic heterocycles. The van der Waals surface area contributed by atoms with E-state index in [1.807, 2.05) is 0 Å². The summed E-state index contributed by atoms with van der Waals surface area (Å²) in [5.41, 5.74) is 8.86. The van der Waals surface area contributed by atoms with E-state index >= 15 is 0 Å². The molecule has 0 aliphatic carbocycles. The van der Waals surface area contributed by atoms with Crippen LogP contribution in [0.15, 0.2) is 24.3 Å². The van der Waals surface area contributed by atoms with Crippen molar-refractivity contribution in [2.45, 2.75) is 19.1 Å². The lowest BCUT2D eigenvalue weighted by molar-refractivity contribution is -0.00179. The third-order valence-corrected chi connectivity index (χ3v) is 3.11. The summed E-state index contributed by atoms with van der Waals surface area (Å²) in [6, 6.07) is 8.99. The highest BCUT2D eigenvalue weighted by Crippen LogP contribution is 2.25. The summed E-state index contributed by atoms with van der Waals surface area (Å²) in [5.74, 6) is 0. The van der Waals surface area contributed by atoms with Gasteiger partial charge in [-0.1, -0.05) is 24.3 Å². The molecule has 0 saturated carbocycles. The molecule has 14 heavy (non-hydrogen) atoms. The third kappa shape index (κ3) is 1.25. The molecule has 74 valence electrons. The molecule has 1 aromatic rings. The van der Waals surface area contributed by atoms with Gasteiger partial charge in [0, 0.05) is 32.2 Å². The average molecular weight is 189 g/mol. The Morgan fingerprint density at radius 3 is 2.00 bits per heavy atom. The van der Waals surface area contributed by atoms with Crippen molar-refractivity contribution >= 4 is 0 Å². The molecule has 0 atom stereocenters. The first kappa shape index (κ1) is 8.41. The van der Waals surface area contributed by atoms with E-state index in [1.54, 1.807) is 0 Å². The number of hydrogen-bond donors (Lipinski definition) is 1. The van der Waals surface area contributed by atoms with Gasteiger partial charge in [0.15, 0.2) is 0 Å². The topological polar surface area (TPSA) is 32.5 Å². The molecule has 3 rings (SSSR count). The quantitative estimate of drug-likeness (QED) is 0.647. The molecule has 1 fully saturated rings. The fourth-order valence-corrected chi connectivity index (χ4v) is 2.42.